The summed E-state index contributed by atoms with van der Waals surface area (Å²) < 4.78 is 43.5. The molecule has 0 fully saturated rings. The van der Waals surface area contributed by atoms with Crippen LogP contribution in [0.5, 0.6) is 0 Å². The molecular weight excluding hydrogens is 456 g/mol. The minimum absolute atomic E-state index is 0.0277. The molecule has 1 aliphatic heterocycles. The molecule has 29 heavy (non-hydrogen) atoms. The summed E-state index contributed by atoms with van der Waals surface area (Å²) in [5, 5.41) is 1.78. The third kappa shape index (κ3) is 2.95. The van der Waals surface area contributed by atoms with Crippen LogP contribution >= 0.6 is 34.8 Å². The van der Waals surface area contributed by atoms with E-state index in [-0.39, 0.29) is 37.8 Å². The zero-order chi connectivity index (χ0) is 21.1. The maximum Gasteiger partial charge on any atom is 0.438 e. The Bertz CT molecular complexity index is 1190. The zero-order valence-corrected chi connectivity index (χ0v) is 16.3. The fourth-order valence-corrected chi connectivity index (χ4v) is 3.74. The van der Waals surface area contributed by atoms with Crippen LogP contribution in [0.1, 0.15) is 16.3 Å². The zero-order valence-electron chi connectivity index (χ0n) is 14.0. The van der Waals surface area contributed by atoms with Gasteiger partial charge in [-0.25, -0.2) is 9.97 Å². The van der Waals surface area contributed by atoms with Crippen molar-refractivity contribution in [1.82, 2.24) is 19.9 Å². The lowest BCUT2D eigenvalue weighted by molar-refractivity contribution is -0.214. The number of nitrogens with zero attached hydrogens (tertiary/aromatic N) is 3. The summed E-state index contributed by atoms with van der Waals surface area (Å²) in [6, 6.07) is 6.33. The second-order valence-electron chi connectivity index (χ2n) is 6.23. The van der Waals surface area contributed by atoms with E-state index in [9.17, 15) is 22.8 Å². The Labute approximate surface area is 175 Å². The molecule has 0 saturated carbocycles. The average Bonchev–Trinajstić information content (AvgIpc) is 3.09. The van der Waals surface area contributed by atoms with Crippen LogP contribution in [0.25, 0.3) is 11.0 Å². The first-order valence-corrected chi connectivity index (χ1v) is 9.10. The van der Waals surface area contributed by atoms with Crippen LogP contribution in [-0.2, 0) is 16.9 Å². The number of hydrogen-bond acceptors (Lipinski definition) is 4. The number of ketones is 1. The van der Waals surface area contributed by atoms with Crippen molar-refractivity contribution in [2.75, 3.05) is 0 Å². The molecule has 1 atom stereocenters. The van der Waals surface area contributed by atoms with Crippen molar-refractivity contribution < 1.29 is 22.8 Å². The summed E-state index contributed by atoms with van der Waals surface area (Å²) in [7, 11) is 0. The van der Waals surface area contributed by atoms with Gasteiger partial charge in [-0.1, -0.05) is 40.9 Å². The second kappa shape index (κ2) is 6.58. The van der Waals surface area contributed by atoms with Crippen molar-refractivity contribution in [2.45, 2.75) is 18.3 Å². The van der Waals surface area contributed by atoms with Gasteiger partial charge in [0.25, 0.3) is 11.6 Å². The van der Waals surface area contributed by atoms with E-state index in [0.29, 0.717) is 4.57 Å². The number of benzene rings is 1. The predicted molar refractivity (Wildman–Crippen MR) is 99.2 cm³/mol. The number of halogens is 6. The molecule has 3 heterocycles. The van der Waals surface area contributed by atoms with Crippen LogP contribution in [0.3, 0.4) is 0 Å². The number of nitrogens with one attached hydrogen (secondary N) is 1. The number of amides is 1. The minimum Gasteiger partial charge on any atom is -0.314 e. The van der Waals surface area contributed by atoms with E-state index in [0.717, 1.165) is 0 Å². The lowest BCUT2D eigenvalue weighted by Crippen LogP contribution is -2.62. The Morgan fingerprint density at radius 3 is 2.48 bits per heavy atom. The largest absolute Gasteiger partial charge is 0.438 e. The summed E-state index contributed by atoms with van der Waals surface area (Å²) in [5.74, 6) is -2.70. The second-order valence-corrected chi connectivity index (χ2v) is 7.43. The number of imidazole rings is 1. The highest BCUT2D eigenvalue weighted by atomic mass is 35.5. The van der Waals surface area contributed by atoms with E-state index in [1.807, 2.05) is 0 Å². The van der Waals surface area contributed by atoms with E-state index in [4.69, 9.17) is 34.8 Å². The normalized spacial score (nSPS) is 18.9. The molecule has 1 unspecified atom stereocenters. The summed E-state index contributed by atoms with van der Waals surface area (Å²) >= 11 is 17.6. The number of aromatic nitrogens is 3. The number of Topliss-reactive ketones (excluding diaryl/α,β-unsaturated/α-hetero) is 1. The van der Waals surface area contributed by atoms with Gasteiger partial charge >= 0.3 is 6.18 Å². The highest BCUT2D eigenvalue weighted by Crippen LogP contribution is 2.44. The minimum atomic E-state index is -5.19. The molecule has 0 bridgehead atoms. The van der Waals surface area contributed by atoms with Gasteiger partial charge in [0.2, 0.25) is 0 Å². The molecule has 1 N–H and O–H groups in total. The van der Waals surface area contributed by atoms with Gasteiger partial charge in [-0.2, -0.15) is 13.2 Å². The highest BCUT2D eigenvalue weighted by Gasteiger charge is 2.67. The SMILES string of the molecule is O=C(NC1(C(F)(F)F)C(=O)Cc2nc3cc(Cl)c(Cl)cc3n21)c1cccc(Cl)n1. The van der Waals surface area contributed by atoms with Gasteiger partial charge in [-0.3, -0.25) is 14.2 Å². The van der Waals surface area contributed by atoms with Crippen LogP contribution in [-0.4, -0.2) is 32.4 Å². The molecule has 0 radical (unpaired) electrons. The number of hydrogen-bond donors (Lipinski definition) is 1. The monoisotopic (exact) mass is 462 g/mol. The summed E-state index contributed by atoms with van der Waals surface area (Å²) in [6.45, 7) is 0. The first-order chi connectivity index (χ1) is 13.5. The smallest absolute Gasteiger partial charge is 0.314 e. The molecule has 0 aliphatic carbocycles. The van der Waals surface area contributed by atoms with E-state index in [1.165, 1.54) is 30.3 Å². The fraction of sp³-hybridized carbons (Fsp3) is 0.176. The number of fused-ring (bicyclic) bond motifs is 3. The van der Waals surface area contributed by atoms with Gasteiger partial charge in [-0.05, 0) is 24.3 Å². The number of carbonyl (C=O) groups excluding carboxylic acids is 2. The lowest BCUT2D eigenvalue weighted by atomic mass is 10.0. The van der Waals surface area contributed by atoms with Crippen molar-refractivity contribution in [1.29, 1.82) is 0 Å². The molecule has 3 aromatic rings. The van der Waals surface area contributed by atoms with Crippen molar-refractivity contribution in [3.8, 4) is 0 Å². The molecule has 150 valence electrons. The average molecular weight is 464 g/mol. The predicted octanol–water partition coefficient (Wildman–Crippen LogP) is 4.16. The maximum absolute atomic E-state index is 14.3. The van der Waals surface area contributed by atoms with Crippen LogP contribution < -0.4 is 5.32 Å². The highest BCUT2D eigenvalue weighted by molar-refractivity contribution is 6.42. The Morgan fingerprint density at radius 2 is 1.83 bits per heavy atom. The molecule has 1 aliphatic rings. The molecule has 0 saturated heterocycles. The number of rotatable bonds is 2. The number of pyridine rings is 1. The van der Waals surface area contributed by atoms with E-state index in [1.54, 1.807) is 5.32 Å². The van der Waals surface area contributed by atoms with Crippen molar-refractivity contribution in [3.63, 3.8) is 0 Å². The first kappa shape index (κ1) is 19.9. The van der Waals surface area contributed by atoms with Crippen LogP contribution in [0.15, 0.2) is 30.3 Å². The van der Waals surface area contributed by atoms with Crippen molar-refractivity contribution in [3.05, 3.63) is 57.0 Å². The molecular formula is C17H8Cl3F3N4O2. The molecule has 1 aromatic carbocycles. The number of carbonyl (C=O) groups is 2. The topological polar surface area (TPSA) is 76.9 Å². The van der Waals surface area contributed by atoms with Gasteiger partial charge in [0.05, 0.1) is 27.5 Å². The third-order valence-electron chi connectivity index (χ3n) is 4.48. The Balaban J connectivity index is 1.93. The van der Waals surface area contributed by atoms with E-state index < -0.39 is 30.0 Å². The maximum atomic E-state index is 14.3. The van der Waals surface area contributed by atoms with Crippen LogP contribution in [0.4, 0.5) is 13.2 Å². The molecule has 12 heteroatoms. The molecule has 6 nitrogen and oxygen atoms in total. The molecule has 1 amide bonds. The summed E-state index contributed by atoms with van der Waals surface area (Å²) in [6.07, 6.45) is -5.84. The van der Waals surface area contributed by atoms with Gasteiger partial charge in [-0.15, -0.1) is 0 Å². The van der Waals surface area contributed by atoms with E-state index >= 15 is 0 Å². The first-order valence-electron chi connectivity index (χ1n) is 7.96. The fourth-order valence-electron chi connectivity index (χ4n) is 3.26. The molecule has 4 rings (SSSR count). The standard InChI is InChI=1S/C17H8Cl3F3N4O2/c18-7-4-10-11(5-8(7)19)27-14(25-10)6-12(28)16(27,17(21,22)23)26-15(29)9-2-1-3-13(20)24-9/h1-5H,6H2,(H,26,29). The molecule has 0 spiro atoms. The quantitative estimate of drug-likeness (QED) is 0.579. The van der Waals surface area contributed by atoms with E-state index in [2.05, 4.69) is 9.97 Å². The van der Waals surface area contributed by atoms with Gasteiger partial charge < -0.3 is 5.32 Å². The van der Waals surface area contributed by atoms with Gasteiger partial charge in [0, 0.05) is 0 Å². The Hall–Kier alpha value is -2.36. The summed E-state index contributed by atoms with van der Waals surface area (Å²) in [4.78, 5) is 32.9. The molecule has 2 aromatic heterocycles. The van der Waals surface area contributed by atoms with Gasteiger partial charge in [0.15, 0.2) is 5.78 Å². The van der Waals surface area contributed by atoms with Crippen molar-refractivity contribution >= 4 is 57.5 Å². The third-order valence-corrected chi connectivity index (χ3v) is 5.41. The van der Waals surface area contributed by atoms with Crippen LogP contribution in [0.2, 0.25) is 15.2 Å². The Kier molecular flexibility index (Phi) is 4.52. The lowest BCUT2D eigenvalue weighted by Gasteiger charge is -2.33. The Morgan fingerprint density at radius 1 is 1.14 bits per heavy atom. The number of alkyl halides is 3. The van der Waals surface area contributed by atoms with Crippen LogP contribution in [0, 0.1) is 0 Å². The summed E-state index contributed by atoms with van der Waals surface area (Å²) in [5.41, 5.74) is -3.76. The van der Waals surface area contributed by atoms with Gasteiger partial charge in [0.1, 0.15) is 16.7 Å². The van der Waals surface area contributed by atoms with Crippen molar-refractivity contribution in [2.24, 2.45) is 0 Å².